The molecule has 18 heavy (non-hydrogen) atoms. The number of nitrogens with one attached hydrogen (secondary N) is 2. The number of anilines is 1. The molecule has 1 amide bonds. The van der Waals surface area contributed by atoms with Crippen LogP contribution in [0.3, 0.4) is 0 Å². The first-order valence-corrected chi connectivity index (χ1v) is 6.31. The molecule has 0 spiro atoms. The van der Waals surface area contributed by atoms with Gasteiger partial charge in [0.2, 0.25) is 5.91 Å². The third-order valence-electron chi connectivity index (χ3n) is 2.64. The largest absolute Gasteiger partial charge is 0.389 e. The molecule has 1 rings (SSSR count). The number of nitrogens with two attached hydrogens (primary N) is 1. The molecular formula is C13H19N3OS. The van der Waals surface area contributed by atoms with Crippen molar-refractivity contribution in [2.45, 2.75) is 26.8 Å². The van der Waals surface area contributed by atoms with Gasteiger partial charge < -0.3 is 16.4 Å². The van der Waals surface area contributed by atoms with Crippen LogP contribution in [-0.4, -0.2) is 23.5 Å². The molecule has 0 saturated heterocycles. The molecule has 98 valence electrons. The summed E-state index contributed by atoms with van der Waals surface area (Å²) >= 11 is 5.02. The van der Waals surface area contributed by atoms with E-state index in [1.807, 2.05) is 32.0 Å². The van der Waals surface area contributed by atoms with Gasteiger partial charge in [-0.2, -0.15) is 0 Å². The highest BCUT2D eigenvalue weighted by molar-refractivity contribution is 7.80. The van der Waals surface area contributed by atoms with Crippen molar-refractivity contribution >= 4 is 28.8 Å². The van der Waals surface area contributed by atoms with Crippen molar-refractivity contribution in [2.75, 3.05) is 11.9 Å². The summed E-state index contributed by atoms with van der Waals surface area (Å²) in [6.45, 7) is 6.26. The Bertz CT molecular complexity index is 460. The number of carbonyl (C=O) groups excluding carboxylic acids is 1. The number of amides is 1. The van der Waals surface area contributed by atoms with E-state index in [0.717, 1.165) is 16.8 Å². The number of aryl methyl sites for hydroxylation is 1. The minimum absolute atomic E-state index is 0.0466. The molecule has 4 nitrogen and oxygen atoms in total. The fourth-order valence-electron chi connectivity index (χ4n) is 1.67. The van der Waals surface area contributed by atoms with E-state index in [9.17, 15) is 4.79 Å². The van der Waals surface area contributed by atoms with E-state index in [4.69, 9.17) is 18.0 Å². The third kappa shape index (κ3) is 3.43. The average molecular weight is 265 g/mol. The van der Waals surface area contributed by atoms with Crippen molar-refractivity contribution in [1.82, 2.24) is 5.32 Å². The molecule has 0 saturated carbocycles. The second kappa shape index (κ2) is 6.35. The fourth-order valence-corrected chi connectivity index (χ4v) is 1.84. The molecule has 4 N–H and O–H groups in total. The zero-order valence-corrected chi connectivity index (χ0v) is 11.7. The summed E-state index contributed by atoms with van der Waals surface area (Å²) in [7, 11) is 0. The molecule has 1 aromatic rings. The quantitative estimate of drug-likeness (QED) is 0.707. The second-order valence-corrected chi connectivity index (χ2v) is 4.56. The normalized spacial score (nSPS) is 11.7. The Morgan fingerprint density at radius 2 is 2.17 bits per heavy atom. The highest BCUT2D eigenvalue weighted by atomic mass is 32.1. The van der Waals surface area contributed by atoms with E-state index in [-0.39, 0.29) is 11.9 Å². The highest BCUT2D eigenvalue weighted by Crippen LogP contribution is 2.21. The number of carbonyl (C=O) groups is 1. The van der Waals surface area contributed by atoms with Crippen molar-refractivity contribution in [1.29, 1.82) is 0 Å². The first-order valence-electron chi connectivity index (χ1n) is 5.91. The minimum atomic E-state index is -0.334. The molecule has 0 fully saturated rings. The summed E-state index contributed by atoms with van der Waals surface area (Å²) in [5, 5.41) is 5.93. The van der Waals surface area contributed by atoms with Crippen LogP contribution in [-0.2, 0) is 4.79 Å². The average Bonchev–Trinajstić information content (AvgIpc) is 2.31. The molecule has 5 heteroatoms. The van der Waals surface area contributed by atoms with Crippen LogP contribution in [0.25, 0.3) is 0 Å². The third-order valence-corrected chi connectivity index (χ3v) is 2.86. The number of hydrogen-bond acceptors (Lipinski definition) is 3. The van der Waals surface area contributed by atoms with Gasteiger partial charge >= 0.3 is 0 Å². The van der Waals surface area contributed by atoms with Crippen LogP contribution in [0.4, 0.5) is 5.69 Å². The summed E-state index contributed by atoms with van der Waals surface area (Å²) in [6.07, 6.45) is 0. The summed E-state index contributed by atoms with van der Waals surface area (Å²) in [6, 6.07) is 5.36. The van der Waals surface area contributed by atoms with E-state index in [2.05, 4.69) is 10.6 Å². The van der Waals surface area contributed by atoms with Gasteiger partial charge in [-0.1, -0.05) is 24.4 Å². The molecule has 0 aliphatic rings. The smallest absolute Gasteiger partial charge is 0.242 e. The molecule has 0 aliphatic carbocycles. The number of thiocarbonyl (C=S) groups is 1. The summed E-state index contributed by atoms with van der Waals surface area (Å²) in [5.74, 6) is -0.0466. The van der Waals surface area contributed by atoms with Crippen molar-refractivity contribution in [2.24, 2.45) is 5.73 Å². The first-order chi connectivity index (χ1) is 8.47. The second-order valence-electron chi connectivity index (χ2n) is 4.12. The van der Waals surface area contributed by atoms with Crippen molar-refractivity contribution in [3.05, 3.63) is 29.3 Å². The van der Waals surface area contributed by atoms with Crippen LogP contribution >= 0.6 is 12.2 Å². The van der Waals surface area contributed by atoms with Crippen LogP contribution in [0, 0.1) is 6.92 Å². The topological polar surface area (TPSA) is 67.2 Å². The van der Waals surface area contributed by atoms with E-state index in [1.54, 1.807) is 6.92 Å². The van der Waals surface area contributed by atoms with Crippen LogP contribution in [0.1, 0.15) is 25.0 Å². The Kier molecular flexibility index (Phi) is 5.09. The lowest BCUT2D eigenvalue weighted by Crippen LogP contribution is -2.38. The predicted molar refractivity (Wildman–Crippen MR) is 78.8 cm³/mol. The van der Waals surface area contributed by atoms with Crippen LogP contribution in [0.5, 0.6) is 0 Å². The summed E-state index contributed by atoms with van der Waals surface area (Å²) < 4.78 is 0. The lowest BCUT2D eigenvalue weighted by atomic mass is 10.1. The number of rotatable bonds is 5. The Morgan fingerprint density at radius 3 is 2.72 bits per heavy atom. The maximum absolute atomic E-state index is 11.7. The highest BCUT2D eigenvalue weighted by Gasteiger charge is 2.15. The van der Waals surface area contributed by atoms with Gasteiger partial charge in [-0.05, 0) is 32.4 Å². The Morgan fingerprint density at radius 1 is 1.50 bits per heavy atom. The summed E-state index contributed by atoms with van der Waals surface area (Å²) in [5.41, 5.74) is 8.28. The molecule has 0 bridgehead atoms. The van der Waals surface area contributed by atoms with E-state index >= 15 is 0 Å². The zero-order chi connectivity index (χ0) is 13.7. The maximum atomic E-state index is 11.7. The van der Waals surface area contributed by atoms with Crippen LogP contribution in [0.2, 0.25) is 0 Å². The number of para-hydroxylation sites is 1. The predicted octanol–water partition coefficient (Wildman–Crippen LogP) is 1.57. The van der Waals surface area contributed by atoms with Crippen LogP contribution in [0.15, 0.2) is 18.2 Å². The van der Waals surface area contributed by atoms with Gasteiger partial charge in [-0.15, -0.1) is 0 Å². The molecule has 0 radical (unpaired) electrons. The van der Waals surface area contributed by atoms with Gasteiger partial charge in [0.25, 0.3) is 0 Å². The zero-order valence-electron chi connectivity index (χ0n) is 10.9. The number of benzene rings is 1. The first kappa shape index (κ1) is 14.4. The van der Waals surface area contributed by atoms with Gasteiger partial charge in [0.1, 0.15) is 11.0 Å². The monoisotopic (exact) mass is 265 g/mol. The molecule has 1 unspecified atom stereocenters. The lowest BCUT2D eigenvalue weighted by Gasteiger charge is -2.19. The maximum Gasteiger partial charge on any atom is 0.242 e. The van der Waals surface area contributed by atoms with Crippen molar-refractivity contribution in [3.8, 4) is 0 Å². The molecule has 0 heterocycles. The van der Waals surface area contributed by atoms with E-state index in [0.29, 0.717) is 11.5 Å². The summed E-state index contributed by atoms with van der Waals surface area (Å²) in [4.78, 5) is 12.0. The molecular weight excluding hydrogens is 246 g/mol. The van der Waals surface area contributed by atoms with Gasteiger partial charge in [0, 0.05) is 17.8 Å². The molecule has 0 aliphatic heterocycles. The molecule has 1 aromatic carbocycles. The lowest BCUT2D eigenvalue weighted by molar-refractivity contribution is -0.121. The Balaban J connectivity index is 2.96. The Labute approximate surface area is 113 Å². The molecule has 0 aromatic heterocycles. The van der Waals surface area contributed by atoms with Gasteiger partial charge in [0.15, 0.2) is 0 Å². The number of likely N-dealkylation sites (N-methyl/N-ethyl adjacent to an activating group) is 1. The van der Waals surface area contributed by atoms with E-state index < -0.39 is 0 Å². The van der Waals surface area contributed by atoms with Crippen LogP contribution < -0.4 is 16.4 Å². The molecule has 1 atom stereocenters. The Hall–Kier alpha value is -1.62. The van der Waals surface area contributed by atoms with Gasteiger partial charge in [-0.3, -0.25) is 4.79 Å². The van der Waals surface area contributed by atoms with Gasteiger partial charge in [-0.25, -0.2) is 0 Å². The standard InChI is InChI=1S/C13H19N3OS/c1-4-15-13(17)9(3)16-11-8(2)6-5-7-10(11)12(14)18/h5-7,9,16H,4H2,1-3H3,(H2,14,18)(H,15,17). The minimum Gasteiger partial charge on any atom is -0.389 e. The van der Waals surface area contributed by atoms with E-state index in [1.165, 1.54) is 0 Å². The van der Waals surface area contributed by atoms with Crippen molar-refractivity contribution in [3.63, 3.8) is 0 Å². The van der Waals surface area contributed by atoms with Gasteiger partial charge in [0.05, 0.1) is 0 Å². The van der Waals surface area contributed by atoms with Crippen molar-refractivity contribution < 1.29 is 4.79 Å². The fraction of sp³-hybridized carbons (Fsp3) is 0.385. The number of hydrogen-bond donors (Lipinski definition) is 3. The SMILES string of the molecule is CCNC(=O)C(C)Nc1c(C)cccc1C(N)=S.